The van der Waals surface area contributed by atoms with Gasteiger partial charge in [0, 0.05) is 39.5 Å². The number of amides is 2. The fourth-order valence-electron chi connectivity index (χ4n) is 3.77. The van der Waals surface area contributed by atoms with Crippen molar-refractivity contribution in [2.45, 2.75) is 12.5 Å². The van der Waals surface area contributed by atoms with Crippen molar-refractivity contribution in [3.63, 3.8) is 0 Å². The van der Waals surface area contributed by atoms with Gasteiger partial charge in [-0.15, -0.1) is 11.3 Å². The molecule has 1 atom stereocenters. The maximum absolute atomic E-state index is 13.3. The first-order valence-electron chi connectivity index (χ1n) is 11.2. The lowest BCUT2D eigenvalue weighted by Crippen LogP contribution is -2.46. The Hall–Kier alpha value is -4.14. The van der Waals surface area contributed by atoms with Crippen LogP contribution in [0, 0.1) is 0 Å². The largest absolute Gasteiger partial charge is 0.413 e. The van der Waals surface area contributed by atoms with Crippen molar-refractivity contribution in [1.29, 1.82) is 0 Å². The second-order valence-corrected chi connectivity index (χ2v) is 9.29. The lowest BCUT2D eigenvalue weighted by Gasteiger charge is -2.17. The minimum atomic E-state index is -0.900. The first-order chi connectivity index (χ1) is 17.5. The molecule has 0 aliphatic heterocycles. The molecule has 180 valence electrons. The number of hydrogen-bond acceptors (Lipinski definition) is 5. The zero-order valence-corrected chi connectivity index (χ0v) is 20.5. The van der Waals surface area contributed by atoms with E-state index < -0.39 is 18.0 Å². The number of nitrogens with one attached hydrogen (secondary N) is 3. The number of carbonyl (C=O) groups is 2. The summed E-state index contributed by atoms with van der Waals surface area (Å²) >= 11 is 7.27. The average molecular weight is 517 g/mol. The summed E-state index contributed by atoms with van der Waals surface area (Å²) in [4.78, 5) is 33.7. The summed E-state index contributed by atoms with van der Waals surface area (Å²) in [5.41, 5.74) is 3.45. The number of thiazole rings is 1. The number of halogens is 1. The van der Waals surface area contributed by atoms with Crippen molar-refractivity contribution < 1.29 is 14.3 Å². The van der Waals surface area contributed by atoms with Crippen LogP contribution >= 0.6 is 22.9 Å². The van der Waals surface area contributed by atoms with E-state index in [1.807, 2.05) is 54.0 Å². The van der Waals surface area contributed by atoms with E-state index in [0.29, 0.717) is 15.9 Å². The summed E-state index contributed by atoms with van der Waals surface area (Å²) in [5.74, 6) is -0.0175. The zero-order chi connectivity index (χ0) is 24.9. The van der Waals surface area contributed by atoms with Gasteiger partial charge < -0.3 is 20.4 Å². The number of benzene rings is 3. The van der Waals surface area contributed by atoms with Crippen LogP contribution in [0.2, 0.25) is 5.02 Å². The van der Waals surface area contributed by atoms with Crippen LogP contribution in [-0.2, 0) is 11.2 Å². The highest BCUT2D eigenvalue weighted by molar-refractivity contribution is 7.14. The quantitative estimate of drug-likeness (QED) is 0.237. The number of aromatic amines is 1. The molecule has 0 unspecified atom stereocenters. The molecular formula is C27H21ClN4O3S. The van der Waals surface area contributed by atoms with Crippen LogP contribution in [0.25, 0.3) is 22.2 Å². The second-order valence-electron chi connectivity index (χ2n) is 8.00. The normalized spacial score (nSPS) is 11.7. The lowest BCUT2D eigenvalue weighted by atomic mass is 10.0. The van der Waals surface area contributed by atoms with E-state index in [1.165, 1.54) is 11.3 Å². The zero-order valence-electron chi connectivity index (χ0n) is 18.9. The van der Waals surface area contributed by atoms with Gasteiger partial charge in [0.05, 0.1) is 5.69 Å². The van der Waals surface area contributed by atoms with Crippen molar-refractivity contribution in [1.82, 2.24) is 15.3 Å². The van der Waals surface area contributed by atoms with Crippen LogP contribution in [0.3, 0.4) is 0 Å². The van der Waals surface area contributed by atoms with Crippen molar-refractivity contribution in [2.75, 3.05) is 5.32 Å². The highest BCUT2D eigenvalue weighted by Gasteiger charge is 2.24. The minimum absolute atomic E-state index is 0.259. The molecule has 5 rings (SSSR count). The third-order valence-electron chi connectivity index (χ3n) is 5.54. The monoisotopic (exact) mass is 516 g/mol. The van der Waals surface area contributed by atoms with E-state index in [0.717, 1.165) is 27.7 Å². The Morgan fingerprint density at radius 3 is 2.56 bits per heavy atom. The van der Waals surface area contributed by atoms with Crippen molar-refractivity contribution in [3.05, 3.63) is 101 Å². The molecule has 0 fully saturated rings. The van der Waals surface area contributed by atoms with E-state index in [2.05, 4.69) is 20.6 Å². The Bertz CT molecular complexity index is 1500. The topological polar surface area (TPSA) is 96.1 Å². The molecule has 9 heteroatoms. The molecular weight excluding hydrogens is 496 g/mol. The Kier molecular flexibility index (Phi) is 6.97. The van der Waals surface area contributed by atoms with E-state index in [4.69, 9.17) is 16.3 Å². The molecule has 0 radical (unpaired) electrons. The molecule has 0 aliphatic rings. The van der Waals surface area contributed by atoms with Gasteiger partial charge in [0.2, 0.25) is 5.91 Å². The molecule has 0 saturated heterocycles. The van der Waals surface area contributed by atoms with Crippen LogP contribution in [-0.4, -0.2) is 28.0 Å². The summed E-state index contributed by atoms with van der Waals surface area (Å²) in [6.45, 7) is 0. The fraction of sp³-hybridized carbons (Fsp3) is 0.0741. The van der Waals surface area contributed by atoms with Crippen molar-refractivity contribution in [3.8, 4) is 17.0 Å². The van der Waals surface area contributed by atoms with Gasteiger partial charge in [0.25, 0.3) is 0 Å². The standard InChI is InChI=1S/C27H21ClN4O3S/c28-19-12-10-17(11-13-19)24-16-36-26(30-24)32-25(33)23(31-27(34)35-20-6-2-1-3-7-20)14-18-15-29-22-9-5-4-8-21(18)22/h1-13,15-16,23,29H,14H2,(H,31,34)(H,30,32,33)/t23-/m0/s1. The first kappa shape index (κ1) is 23.6. The summed E-state index contributed by atoms with van der Waals surface area (Å²) < 4.78 is 5.36. The first-order valence-corrected chi connectivity index (χ1v) is 12.4. The number of anilines is 1. The van der Waals surface area contributed by atoms with E-state index in [1.54, 1.807) is 36.4 Å². The van der Waals surface area contributed by atoms with Gasteiger partial charge in [-0.25, -0.2) is 9.78 Å². The maximum atomic E-state index is 13.3. The Labute approximate surface area is 216 Å². The van der Waals surface area contributed by atoms with Gasteiger partial charge in [-0.2, -0.15) is 0 Å². The Morgan fingerprint density at radius 2 is 1.75 bits per heavy atom. The van der Waals surface area contributed by atoms with Gasteiger partial charge in [-0.3, -0.25) is 4.79 Å². The molecule has 0 saturated carbocycles. The number of ether oxygens (including phenoxy) is 1. The Balaban J connectivity index is 1.34. The predicted octanol–water partition coefficient (Wildman–Crippen LogP) is 6.28. The smallest absolute Gasteiger partial charge is 0.410 e. The van der Waals surface area contributed by atoms with Crippen LogP contribution < -0.4 is 15.4 Å². The summed E-state index contributed by atoms with van der Waals surface area (Å²) in [6.07, 6.45) is 1.38. The molecule has 0 spiro atoms. The third kappa shape index (κ3) is 5.56. The fourth-order valence-corrected chi connectivity index (χ4v) is 4.62. The average Bonchev–Trinajstić information content (AvgIpc) is 3.52. The number of carbonyl (C=O) groups excluding carboxylic acids is 2. The lowest BCUT2D eigenvalue weighted by molar-refractivity contribution is -0.118. The molecule has 7 nitrogen and oxygen atoms in total. The molecule has 3 aromatic carbocycles. The number of nitrogens with zero attached hydrogens (tertiary/aromatic N) is 1. The molecule has 2 heterocycles. The molecule has 5 aromatic rings. The predicted molar refractivity (Wildman–Crippen MR) is 143 cm³/mol. The van der Waals surface area contributed by atoms with E-state index in [9.17, 15) is 9.59 Å². The molecule has 2 aromatic heterocycles. The number of H-pyrrole nitrogens is 1. The molecule has 0 aliphatic carbocycles. The van der Waals surface area contributed by atoms with Crippen LogP contribution in [0.15, 0.2) is 90.4 Å². The molecule has 36 heavy (non-hydrogen) atoms. The van der Waals surface area contributed by atoms with Gasteiger partial charge in [-0.1, -0.05) is 60.1 Å². The SMILES string of the molecule is O=C(N[C@@H](Cc1c[nH]c2ccccc12)C(=O)Nc1nc(-c2ccc(Cl)cc2)cs1)Oc1ccccc1. The van der Waals surface area contributed by atoms with Crippen molar-refractivity contribution in [2.24, 2.45) is 0 Å². The van der Waals surface area contributed by atoms with E-state index >= 15 is 0 Å². The van der Waals surface area contributed by atoms with Crippen molar-refractivity contribution >= 4 is 51.0 Å². The van der Waals surface area contributed by atoms with Gasteiger partial charge >= 0.3 is 6.09 Å². The highest BCUT2D eigenvalue weighted by Crippen LogP contribution is 2.26. The number of aromatic nitrogens is 2. The molecule has 3 N–H and O–H groups in total. The minimum Gasteiger partial charge on any atom is -0.410 e. The summed E-state index contributed by atoms with van der Waals surface area (Å²) in [7, 11) is 0. The summed E-state index contributed by atoms with van der Waals surface area (Å²) in [5, 5.41) is 9.43. The number of fused-ring (bicyclic) bond motifs is 1. The van der Waals surface area contributed by atoms with Crippen LogP contribution in [0.1, 0.15) is 5.56 Å². The van der Waals surface area contributed by atoms with Gasteiger partial charge in [0.15, 0.2) is 5.13 Å². The van der Waals surface area contributed by atoms with Crippen LogP contribution in [0.4, 0.5) is 9.93 Å². The molecule has 0 bridgehead atoms. The van der Waals surface area contributed by atoms with Gasteiger partial charge in [-0.05, 0) is 35.9 Å². The van der Waals surface area contributed by atoms with E-state index in [-0.39, 0.29) is 6.42 Å². The Morgan fingerprint density at radius 1 is 1.00 bits per heavy atom. The number of rotatable bonds is 7. The number of hydrogen-bond donors (Lipinski definition) is 3. The third-order valence-corrected chi connectivity index (χ3v) is 6.55. The van der Waals surface area contributed by atoms with Gasteiger partial charge in [0.1, 0.15) is 11.8 Å². The maximum Gasteiger partial charge on any atom is 0.413 e. The molecule has 2 amide bonds. The second kappa shape index (κ2) is 10.6. The highest BCUT2D eigenvalue weighted by atomic mass is 35.5. The summed E-state index contributed by atoms with van der Waals surface area (Å²) in [6, 6.07) is 22.9. The van der Waals surface area contributed by atoms with Crippen LogP contribution in [0.5, 0.6) is 5.75 Å². The number of para-hydroxylation sites is 2.